The van der Waals surface area contributed by atoms with E-state index in [0.29, 0.717) is 18.6 Å². The zero-order chi connectivity index (χ0) is 30.5. The smallest absolute Gasteiger partial charge is 0.311 e. The standard InChI is InChI=1S/C34H48O8/c1-33(2,3)31(36)38-19-13-18-25-28(42-32(37)34(4,5)6)29(39-21-22-14-9-7-10-15-22)30-27(40-25)24(35)20-26(41-30)23-16-11-8-12-17-23/h7,9-10,14-15,20,23,25,27-30H,8,11-13,16-19,21H2,1-6H3/t25-,27-,28-,29+,30-/m0/s1. The quantitative estimate of drug-likeness (QED) is 0.254. The number of ether oxygens (including phenoxy) is 5. The van der Waals surface area contributed by atoms with E-state index in [-0.39, 0.29) is 30.9 Å². The van der Waals surface area contributed by atoms with Crippen LogP contribution in [0.15, 0.2) is 42.2 Å². The van der Waals surface area contributed by atoms with Crippen LogP contribution in [-0.2, 0) is 44.7 Å². The molecule has 8 nitrogen and oxygen atoms in total. The molecule has 8 heteroatoms. The average molecular weight is 585 g/mol. The van der Waals surface area contributed by atoms with Crippen molar-refractivity contribution in [2.75, 3.05) is 6.61 Å². The van der Waals surface area contributed by atoms with Crippen LogP contribution in [-0.4, -0.2) is 54.8 Å². The summed E-state index contributed by atoms with van der Waals surface area (Å²) in [7, 11) is 0. The van der Waals surface area contributed by atoms with E-state index in [1.165, 1.54) is 6.42 Å². The molecule has 1 aliphatic carbocycles. The van der Waals surface area contributed by atoms with Crippen molar-refractivity contribution in [1.82, 2.24) is 0 Å². The Labute approximate surface area is 250 Å². The van der Waals surface area contributed by atoms with Gasteiger partial charge in [-0.1, -0.05) is 49.6 Å². The van der Waals surface area contributed by atoms with Crippen molar-refractivity contribution in [2.24, 2.45) is 16.7 Å². The van der Waals surface area contributed by atoms with Crippen LogP contribution < -0.4 is 0 Å². The molecule has 0 unspecified atom stereocenters. The largest absolute Gasteiger partial charge is 0.488 e. The zero-order valence-electron chi connectivity index (χ0n) is 26.1. The van der Waals surface area contributed by atoms with Crippen molar-refractivity contribution in [1.29, 1.82) is 0 Å². The lowest BCUT2D eigenvalue weighted by Gasteiger charge is -2.48. The topological polar surface area (TPSA) is 97.4 Å². The van der Waals surface area contributed by atoms with E-state index in [0.717, 1.165) is 31.2 Å². The van der Waals surface area contributed by atoms with Crippen molar-refractivity contribution in [2.45, 2.75) is 124 Å². The van der Waals surface area contributed by atoms with Crippen molar-refractivity contribution in [3.05, 3.63) is 47.7 Å². The fourth-order valence-corrected chi connectivity index (χ4v) is 5.58. The van der Waals surface area contributed by atoms with Gasteiger partial charge in [0.05, 0.1) is 30.1 Å². The lowest BCUT2D eigenvalue weighted by Crippen LogP contribution is -2.63. The van der Waals surface area contributed by atoms with E-state index in [1.807, 2.05) is 30.3 Å². The molecule has 1 saturated carbocycles. The summed E-state index contributed by atoms with van der Waals surface area (Å²) in [5.41, 5.74) is -0.411. The minimum Gasteiger partial charge on any atom is -0.488 e. The monoisotopic (exact) mass is 584 g/mol. The van der Waals surface area contributed by atoms with Gasteiger partial charge in [-0.3, -0.25) is 14.4 Å². The number of allylic oxidation sites excluding steroid dienone is 1. The SMILES string of the molecule is CC(C)(C)C(=O)OCCC[C@@H]1O[C@H]2C(=O)C=C(C3CCCCC3)O[C@@H]2[C@H](OCc2ccccc2)[C@H]1OC(=O)C(C)(C)C. The lowest BCUT2D eigenvalue weighted by molar-refractivity contribution is -0.252. The van der Waals surface area contributed by atoms with Crippen LogP contribution in [0.5, 0.6) is 0 Å². The Bertz CT molecular complexity index is 1110. The van der Waals surface area contributed by atoms with Crippen LogP contribution >= 0.6 is 0 Å². The van der Waals surface area contributed by atoms with Crippen LogP contribution in [0, 0.1) is 16.7 Å². The maximum absolute atomic E-state index is 13.6. The summed E-state index contributed by atoms with van der Waals surface area (Å²) in [6.45, 7) is 11.3. The highest BCUT2D eigenvalue weighted by Crippen LogP contribution is 2.40. The molecule has 0 aromatic heterocycles. The molecule has 3 aliphatic rings. The maximum atomic E-state index is 13.6. The van der Waals surface area contributed by atoms with Gasteiger partial charge in [0.15, 0.2) is 24.1 Å². The Balaban J connectivity index is 1.61. The first-order chi connectivity index (χ1) is 19.8. The van der Waals surface area contributed by atoms with Gasteiger partial charge in [-0.15, -0.1) is 0 Å². The van der Waals surface area contributed by atoms with Crippen molar-refractivity contribution < 1.29 is 38.1 Å². The molecule has 2 aliphatic heterocycles. The third-order valence-corrected chi connectivity index (χ3v) is 8.10. The first-order valence-corrected chi connectivity index (χ1v) is 15.5. The van der Waals surface area contributed by atoms with Gasteiger partial charge in [0.2, 0.25) is 0 Å². The predicted molar refractivity (Wildman–Crippen MR) is 157 cm³/mol. The summed E-state index contributed by atoms with van der Waals surface area (Å²) in [6, 6.07) is 9.75. The van der Waals surface area contributed by atoms with Gasteiger partial charge in [0, 0.05) is 12.0 Å². The summed E-state index contributed by atoms with van der Waals surface area (Å²) in [4.78, 5) is 39.1. The zero-order valence-corrected chi connectivity index (χ0v) is 26.1. The number of hydrogen-bond acceptors (Lipinski definition) is 8. The second-order valence-electron chi connectivity index (χ2n) is 13.9. The second kappa shape index (κ2) is 13.7. The van der Waals surface area contributed by atoms with E-state index >= 15 is 0 Å². The second-order valence-corrected chi connectivity index (χ2v) is 13.9. The number of carbonyl (C=O) groups excluding carboxylic acids is 3. The lowest BCUT2D eigenvalue weighted by atomic mass is 9.84. The van der Waals surface area contributed by atoms with Gasteiger partial charge in [-0.2, -0.15) is 0 Å². The highest BCUT2D eigenvalue weighted by molar-refractivity contribution is 5.95. The van der Waals surface area contributed by atoms with Gasteiger partial charge in [-0.05, 0) is 72.8 Å². The van der Waals surface area contributed by atoms with Gasteiger partial charge in [0.1, 0.15) is 11.9 Å². The first kappa shape index (κ1) is 32.2. The molecule has 1 saturated heterocycles. The minimum atomic E-state index is -0.884. The van der Waals surface area contributed by atoms with Crippen LogP contribution in [0.3, 0.4) is 0 Å². The Morgan fingerprint density at radius 3 is 2.21 bits per heavy atom. The average Bonchev–Trinajstić information content (AvgIpc) is 2.94. The third kappa shape index (κ3) is 8.22. The molecule has 5 atom stereocenters. The Morgan fingerprint density at radius 2 is 1.57 bits per heavy atom. The number of rotatable bonds is 9. The molecule has 1 aromatic rings. The molecule has 0 bridgehead atoms. The number of hydrogen-bond donors (Lipinski definition) is 0. The van der Waals surface area contributed by atoms with Crippen LogP contribution in [0.1, 0.15) is 92.1 Å². The van der Waals surface area contributed by atoms with E-state index in [9.17, 15) is 14.4 Å². The van der Waals surface area contributed by atoms with E-state index in [1.54, 1.807) is 47.6 Å². The van der Waals surface area contributed by atoms with Crippen molar-refractivity contribution in [3.63, 3.8) is 0 Å². The molecular weight excluding hydrogens is 536 g/mol. The molecule has 232 valence electrons. The molecule has 2 fully saturated rings. The van der Waals surface area contributed by atoms with E-state index < -0.39 is 47.3 Å². The van der Waals surface area contributed by atoms with Crippen molar-refractivity contribution >= 4 is 17.7 Å². The molecule has 0 radical (unpaired) electrons. The molecule has 2 heterocycles. The van der Waals surface area contributed by atoms with Gasteiger partial charge < -0.3 is 23.7 Å². The van der Waals surface area contributed by atoms with Gasteiger partial charge >= 0.3 is 11.9 Å². The summed E-state index contributed by atoms with van der Waals surface area (Å²) in [5.74, 6) is 0.0424. The number of carbonyl (C=O) groups is 3. The number of esters is 2. The molecule has 42 heavy (non-hydrogen) atoms. The molecule has 0 amide bonds. The predicted octanol–water partition coefficient (Wildman–Crippen LogP) is 6.10. The molecule has 4 rings (SSSR count). The summed E-state index contributed by atoms with van der Waals surface area (Å²) in [6.07, 6.45) is 3.98. The molecule has 1 aromatic carbocycles. The van der Waals surface area contributed by atoms with Gasteiger partial charge in [-0.25, -0.2) is 0 Å². The highest BCUT2D eigenvalue weighted by atomic mass is 16.6. The maximum Gasteiger partial charge on any atom is 0.311 e. The van der Waals surface area contributed by atoms with Crippen LogP contribution in [0.25, 0.3) is 0 Å². The van der Waals surface area contributed by atoms with Crippen LogP contribution in [0.4, 0.5) is 0 Å². The Kier molecular flexibility index (Phi) is 10.5. The Morgan fingerprint density at radius 1 is 0.905 bits per heavy atom. The van der Waals surface area contributed by atoms with E-state index in [4.69, 9.17) is 23.7 Å². The fourth-order valence-electron chi connectivity index (χ4n) is 5.58. The summed E-state index contributed by atoms with van der Waals surface area (Å²) >= 11 is 0. The van der Waals surface area contributed by atoms with Gasteiger partial charge in [0.25, 0.3) is 0 Å². The molecule has 0 N–H and O–H groups in total. The minimum absolute atomic E-state index is 0.148. The Hall–Kier alpha value is -2.71. The molecular formula is C34H48O8. The summed E-state index contributed by atoms with van der Waals surface area (Å²) < 4.78 is 31.1. The number of fused-ring (bicyclic) bond motifs is 1. The third-order valence-electron chi connectivity index (χ3n) is 8.10. The summed E-state index contributed by atoms with van der Waals surface area (Å²) in [5, 5.41) is 0. The molecule has 0 spiro atoms. The number of ketones is 1. The normalized spacial score (nSPS) is 27.0. The van der Waals surface area contributed by atoms with Crippen LogP contribution in [0.2, 0.25) is 0 Å². The number of benzene rings is 1. The fraction of sp³-hybridized carbons (Fsp3) is 0.676. The highest BCUT2D eigenvalue weighted by Gasteiger charge is 2.54. The first-order valence-electron chi connectivity index (χ1n) is 15.5. The van der Waals surface area contributed by atoms with E-state index in [2.05, 4.69) is 0 Å². The van der Waals surface area contributed by atoms with Crippen molar-refractivity contribution in [3.8, 4) is 0 Å².